The highest BCUT2D eigenvalue weighted by Gasteiger charge is 2.33. The topological polar surface area (TPSA) is 26.0 Å². The second kappa shape index (κ2) is 7.22. The van der Waals surface area contributed by atoms with Crippen LogP contribution in [0.3, 0.4) is 0 Å². The zero-order chi connectivity index (χ0) is 17.4. The summed E-state index contributed by atoms with van der Waals surface area (Å²) in [6.45, 7) is 1.94. The zero-order valence-electron chi connectivity index (χ0n) is 14.7. The number of likely N-dealkylation sites (tertiary alicyclic amines) is 1. The molecule has 0 N–H and O–H groups in total. The minimum Gasteiger partial charge on any atom is -0.303 e. The highest BCUT2D eigenvalue weighted by Crippen LogP contribution is 2.35. The van der Waals surface area contributed by atoms with Crippen molar-refractivity contribution in [2.45, 2.75) is 51.2 Å². The zero-order valence-corrected chi connectivity index (χ0v) is 16.3. The molecule has 25 heavy (non-hydrogen) atoms. The number of piperidine rings is 1. The summed E-state index contributed by atoms with van der Waals surface area (Å²) < 4.78 is 4.71. The van der Waals surface area contributed by atoms with E-state index in [1.54, 1.807) is 0 Å². The van der Waals surface area contributed by atoms with Crippen LogP contribution < -0.4 is 0 Å². The molecule has 0 radical (unpaired) electrons. The number of hydrogen-bond acceptors (Lipinski definition) is 3. The molecule has 134 valence electrons. The lowest BCUT2D eigenvalue weighted by Gasteiger charge is -2.43. The summed E-state index contributed by atoms with van der Waals surface area (Å²) in [7, 11) is 1.98. The molecular weight excluding hydrogens is 352 g/mol. The molecule has 1 aliphatic heterocycles. The molecule has 4 rings (SSSR count). The van der Waals surface area contributed by atoms with Crippen molar-refractivity contribution < 1.29 is 0 Å². The number of nitrogens with zero attached hydrogens (tertiary/aromatic N) is 4. The SMILES string of the molecule is Cn1c(-c2ccccc2Cl)nn(CN2CCC[C@@H]3CCCC[C@@H]32)c1=S. The second-order valence-corrected chi connectivity index (χ2v) is 8.12. The third-order valence-electron chi connectivity index (χ3n) is 5.83. The monoisotopic (exact) mass is 376 g/mol. The molecule has 6 heteroatoms. The number of benzene rings is 1. The number of rotatable bonds is 3. The van der Waals surface area contributed by atoms with Crippen molar-refractivity contribution in [3.05, 3.63) is 34.1 Å². The van der Waals surface area contributed by atoms with E-state index in [-0.39, 0.29) is 0 Å². The largest absolute Gasteiger partial charge is 0.303 e. The second-order valence-electron chi connectivity index (χ2n) is 7.35. The summed E-state index contributed by atoms with van der Waals surface area (Å²) in [5.74, 6) is 1.70. The molecule has 1 aliphatic carbocycles. The molecule has 4 nitrogen and oxygen atoms in total. The highest BCUT2D eigenvalue weighted by atomic mass is 35.5. The molecule has 2 fully saturated rings. The summed E-state index contributed by atoms with van der Waals surface area (Å²) in [5, 5.41) is 5.53. The van der Waals surface area contributed by atoms with E-state index in [0.717, 1.165) is 35.3 Å². The Morgan fingerprint density at radius 1 is 1.16 bits per heavy atom. The van der Waals surface area contributed by atoms with E-state index in [4.69, 9.17) is 28.9 Å². The predicted octanol–water partition coefficient (Wildman–Crippen LogP) is 4.88. The molecule has 1 aromatic heterocycles. The molecule has 0 unspecified atom stereocenters. The van der Waals surface area contributed by atoms with E-state index in [0.29, 0.717) is 11.1 Å². The maximum absolute atomic E-state index is 6.37. The van der Waals surface area contributed by atoms with Crippen LogP contribution in [-0.4, -0.2) is 31.8 Å². The first kappa shape index (κ1) is 17.3. The Kier molecular flexibility index (Phi) is 4.98. The number of aromatic nitrogens is 3. The third kappa shape index (κ3) is 3.29. The van der Waals surface area contributed by atoms with Gasteiger partial charge in [-0.15, -0.1) is 0 Å². The molecular formula is C19H25ClN4S. The van der Waals surface area contributed by atoms with Gasteiger partial charge in [0.25, 0.3) is 0 Å². The summed E-state index contributed by atoms with van der Waals surface area (Å²) in [6, 6.07) is 8.53. The van der Waals surface area contributed by atoms with Gasteiger partial charge in [-0.2, -0.15) is 5.10 Å². The van der Waals surface area contributed by atoms with E-state index >= 15 is 0 Å². The Bertz CT molecular complexity index is 810. The molecule has 2 heterocycles. The first-order chi connectivity index (χ1) is 12.1. The fraction of sp³-hybridized carbons (Fsp3) is 0.579. The van der Waals surface area contributed by atoms with Crippen molar-refractivity contribution in [3.63, 3.8) is 0 Å². The summed E-state index contributed by atoms with van der Waals surface area (Å²) in [5.41, 5.74) is 0.936. The minimum absolute atomic E-state index is 0.704. The molecule has 2 aliphatic rings. The van der Waals surface area contributed by atoms with Gasteiger partial charge in [0.15, 0.2) is 10.6 Å². The summed E-state index contributed by atoms with van der Waals surface area (Å²) >= 11 is 12.0. The van der Waals surface area contributed by atoms with Gasteiger partial charge in [0.2, 0.25) is 0 Å². The lowest BCUT2D eigenvalue weighted by molar-refractivity contribution is 0.0323. The average molecular weight is 377 g/mol. The Balaban J connectivity index is 1.62. The van der Waals surface area contributed by atoms with E-state index in [2.05, 4.69) is 4.90 Å². The number of halogens is 1. The molecule has 2 aromatic rings. The molecule has 1 saturated carbocycles. The molecule has 1 aromatic carbocycles. The Morgan fingerprint density at radius 3 is 2.76 bits per heavy atom. The lowest BCUT2D eigenvalue weighted by atomic mass is 9.78. The van der Waals surface area contributed by atoms with Gasteiger partial charge in [-0.05, 0) is 56.0 Å². The summed E-state index contributed by atoms with van der Waals surface area (Å²) in [4.78, 5) is 2.60. The minimum atomic E-state index is 0.704. The van der Waals surface area contributed by atoms with Gasteiger partial charge in [-0.25, -0.2) is 4.68 Å². The van der Waals surface area contributed by atoms with Crippen molar-refractivity contribution in [1.29, 1.82) is 0 Å². The lowest BCUT2D eigenvalue weighted by Crippen LogP contribution is -2.47. The normalized spacial score (nSPS) is 24.2. The van der Waals surface area contributed by atoms with Gasteiger partial charge < -0.3 is 4.57 Å². The Hall–Kier alpha value is -1.17. The van der Waals surface area contributed by atoms with Gasteiger partial charge in [0.1, 0.15) is 0 Å². The molecule has 2 atom stereocenters. The highest BCUT2D eigenvalue weighted by molar-refractivity contribution is 7.71. The van der Waals surface area contributed by atoms with Crippen LogP contribution in [0, 0.1) is 10.7 Å². The van der Waals surface area contributed by atoms with Crippen molar-refractivity contribution in [2.24, 2.45) is 13.0 Å². The van der Waals surface area contributed by atoms with Crippen molar-refractivity contribution in [2.75, 3.05) is 6.54 Å². The van der Waals surface area contributed by atoms with Crippen LogP contribution in [0.4, 0.5) is 0 Å². The van der Waals surface area contributed by atoms with Gasteiger partial charge in [-0.1, -0.05) is 36.6 Å². The Labute approximate surface area is 159 Å². The van der Waals surface area contributed by atoms with E-state index < -0.39 is 0 Å². The quantitative estimate of drug-likeness (QED) is 0.714. The maximum Gasteiger partial charge on any atom is 0.199 e. The van der Waals surface area contributed by atoms with Crippen LogP contribution in [0.2, 0.25) is 5.02 Å². The third-order valence-corrected chi connectivity index (χ3v) is 6.64. The summed E-state index contributed by atoms with van der Waals surface area (Å²) in [6.07, 6.45) is 8.14. The van der Waals surface area contributed by atoms with E-state index in [9.17, 15) is 0 Å². The average Bonchev–Trinajstić information content (AvgIpc) is 2.91. The van der Waals surface area contributed by atoms with Gasteiger partial charge in [0.05, 0.1) is 11.7 Å². The maximum atomic E-state index is 6.37. The van der Waals surface area contributed by atoms with Crippen molar-refractivity contribution in [3.8, 4) is 11.4 Å². The first-order valence-electron chi connectivity index (χ1n) is 9.28. The van der Waals surface area contributed by atoms with Crippen molar-refractivity contribution >= 4 is 23.8 Å². The standard InChI is InChI=1S/C19H25ClN4S/c1-22-18(15-9-3-4-10-16(15)20)21-24(19(22)25)13-23-12-6-8-14-7-2-5-11-17(14)23/h3-4,9-10,14,17H,2,5-8,11-13H2,1H3/t14-,17-/m0/s1. The number of hydrogen-bond donors (Lipinski definition) is 0. The van der Waals surface area contributed by atoms with Gasteiger partial charge in [0, 0.05) is 25.2 Å². The molecule has 0 spiro atoms. The predicted molar refractivity (Wildman–Crippen MR) is 104 cm³/mol. The van der Waals surface area contributed by atoms with E-state index in [1.165, 1.54) is 38.5 Å². The number of fused-ring (bicyclic) bond motifs is 1. The molecule has 0 amide bonds. The van der Waals surface area contributed by atoms with Crippen LogP contribution in [-0.2, 0) is 13.7 Å². The fourth-order valence-electron chi connectivity index (χ4n) is 4.53. The van der Waals surface area contributed by atoms with Crippen LogP contribution in [0.25, 0.3) is 11.4 Å². The van der Waals surface area contributed by atoms with Crippen molar-refractivity contribution in [1.82, 2.24) is 19.2 Å². The fourth-order valence-corrected chi connectivity index (χ4v) is 4.94. The van der Waals surface area contributed by atoms with Gasteiger partial charge in [-0.3, -0.25) is 4.90 Å². The van der Waals surface area contributed by atoms with Crippen LogP contribution >= 0.6 is 23.8 Å². The van der Waals surface area contributed by atoms with Crippen LogP contribution in [0.5, 0.6) is 0 Å². The Morgan fingerprint density at radius 2 is 1.92 bits per heavy atom. The van der Waals surface area contributed by atoms with Crippen LogP contribution in [0.1, 0.15) is 38.5 Å². The molecule has 1 saturated heterocycles. The smallest absolute Gasteiger partial charge is 0.199 e. The molecule has 0 bridgehead atoms. The van der Waals surface area contributed by atoms with Crippen LogP contribution in [0.15, 0.2) is 24.3 Å². The van der Waals surface area contributed by atoms with Gasteiger partial charge >= 0.3 is 0 Å². The first-order valence-corrected chi connectivity index (χ1v) is 10.1. The van der Waals surface area contributed by atoms with E-state index in [1.807, 2.05) is 40.6 Å².